The molecule has 0 unspecified atom stereocenters. The van der Waals surface area contributed by atoms with Crippen molar-refractivity contribution in [2.24, 2.45) is 12.0 Å². The van der Waals surface area contributed by atoms with Crippen molar-refractivity contribution in [3.05, 3.63) is 38.8 Å². The number of nitrogens with one attached hydrogen (secondary N) is 1. The molecule has 1 fully saturated rings. The summed E-state index contributed by atoms with van der Waals surface area (Å²) < 4.78 is 1.57. The van der Waals surface area contributed by atoms with Crippen LogP contribution in [0.4, 0.5) is 5.82 Å². The van der Waals surface area contributed by atoms with Gasteiger partial charge in [0.1, 0.15) is 0 Å². The molecule has 0 amide bonds. The number of rotatable bonds is 5. The fraction of sp³-hybridized carbons (Fsp3) is 0.556. The van der Waals surface area contributed by atoms with Gasteiger partial charge in [0.25, 0.3) is 5.56 Å². The summed E-state index contributed by atoms with van der Waals surface area (Å²) in [5, 5.41) is 6.60. The lowest BCUT2D eigenvalue weighted by molar-refractivity contribution is 0.370. The van der Waals surface area contributed by atoms with Crippen molar-refractivity contribution in [1.82, 2.24) is 24.8 Å². The lowest BCUT2D eigenvalue weighted by Gasteiger charge is -2.36. The summed E-state index contributed by atoms with van der Waals surface area (Å²) in [6.07, 6.45) is 4.32. The first-order chi connectivity index (χ1) is 13.1. The molecule has 3 heterocycles. The first kappa shape index (κ1) is 22.6. The zero-order chi connectivity index (χ0) is 19.2. The van der Waals surface area contributed by atoms with Crippen LogP contribution in [0.15, 0.2) is 27.6 Å². The fourth-order valence-electron chi connectivity index (χ4n) is 3.00. The topological polar surface area (TPSA) is 78.7 Å². The summed E-state index contributed by atoms with van der Waals surface area (Å²) in [5.41, 5.74) is 0.963. The van der Waals surface area contributed by atoms with Crippen molar-refractivity contribution >= 4 is 47.1 Å². The quantitative estimate of drug-likeness (QED) is 0.370. The van der Waals surface area contributed by atoms with E-state index >= 15 is 0 Å². The van der Waals surface area contributed by atoms with Gasteiger partial charge in [-0.15, -0.1) is 35.3 Å². The Morgan fingerprint density at radius 2 is 2.04 bits per heavy atom. The number of hydrogen-bond acceptors (Lipinski definition) is 6. The molecule has 0 aliphatic carbocycles. The number of anilines is 1. The Kier molecular flexibility index (Phi) is 8.67. The van der Waals surface area contributed by atoms with Gasteiger partial charge in [0.05, 0.1) is 17.2 Å². The molecule has 1 saturated heterocycles. The van der Waals surface area contributed by atoms with E-state index in [9.17, 15) is 4.79 Å². The highest BCUT2D eigenvalue weighted by Gasteiger charge is 2.22. The Bertz CT molecular complexity index is 842. The molecule has 28 heavy (non-hydrogen) atoms. The average Bonchev–Trinajstić information content (AvgIpc) is 3.16. The third-order valence-corrected chi connectivity index (χ3v) is 5.55. The van der Waals surface area contributed by atoms with Crippen LogP contribution in [-0.4, -0.2) is 58.1 Å². The van der Waals surface area contributed by atoms with E-state index < -0.39 is 0 Å². The van der Waals surface area contributed by atoms with Crippen LogP contribution in [0.5, 0.6) is 0 Å². The number of guanidine groups is 1. The molecule has 8 nitrogen and oxygen atoms in total. The molecule has 0 radical (unpaired) electrons. The Hall–Kier alpha value is -1.69. The summed E-state index contributed by atoms with van der Waals surface area (Å²) in [4.78, 5) is 30.2. The van der Waals surface area contributed by atoms with Gasteiger partial charge in [-0.2, -0.15) is 0 Å². The number of aliphatic imine (C=N–C) groups is 1. The summed E-state index contributed by atoms with van der Waals surface area (Å²) in [6.45, 7) is 8.66. The molecule has 0 atom stereocenters. The normalized spacial score (nSPS) is 14.8. The maximum absolute atomic E-state index is 12.3. The van der Waals surface area contributed by atoms with Gasteiger partial charge in [0.15, 0.2) is 11.8 Å². The highest BCUT2D eigenvalue weighted by atomic mass is 127. The minimum Gasteiger partial charge on any atom is -0.357 e. The molecule has 2 aromatic heterocycles. The van der Waals surface area contributed by atoms with E-state index in [1.54, 1.807) is 35.3 Å². The predicted octanol–water partition coefficient (Wildman–Crippen LogP) is 1.70. The van der Waals surface area contributed by atoms with E-state index in [2.05, 4.69) is 44.3 Å². The van der Waals surface area contributed by atoms with Crippen LogP contribution in [0.1, 0.15) is 24.5 Å². The van der Waals surface area contributed by atoms with Crippen molar-refractivity contribution in [2.45, 2.75) is 26.8 Å². The Labute approximate surface area is 186 Å². The Morgan fingerprint density at radius 1 is 1.29 bits per heavy atom. The van der Waals surface area contributed by atoms with Gasteiger partial charge in [-0.1, -0.05) is 6.92 Å². The monoisotopic (exact) mass is 517 g/mol. The predicted molar refractivity (Wildman–Crippen MR) is 125 cm³/mol. The van der Waals surface area contributed by atoms with Crippen LogP contribution < -0.4 is 15.8 Å². The second-order valence-corrected chi connectivity index (χ2v) is 7.34. The van der Waals surface area contributed by atoms with Crippen LogP contribution >= 0.6 is 35.3 Å². The number of hydrogen-bond donors (Lipinski definition) is 1. The van der Waals surface area contributed by atoms with Crippen molar-refractivity contribution in [3.8, 4) is 0 Å². The molecule has 0 saturated carbocycles. The van der Waals surface area contributed by atoms with Crippen LogP contribution in [0, 0.1) is 0 Å². The van der Waals surface area contributed by atoms with Crippen LogP contribution in [0.2, 0.25) is 0 Å². The van der Waals surface area contributed by atoms with Crippen molar-refractivity contribution < 1.29 is 0 Å². The third-order valence-electron chi connectivity index (χ3n) is 4.50. The summed E-state index contributed by atoms with van der Waals surface area (Å²) in [6, 6.07) is 0. The molecular weight excluding hydrogens is 489 g/mol. The third kappa shape index (κ3) is 5.43. The number of piperazine rings is 1. The van der Waals surface area contributed by atoms with E-state index in [1.165, 1.54) is 0 Å². The Balaban J connectivity index is 0.00000280. The van der Waals surface area contributed by atoms with Crippen molar-refractivity contribution in [1.29, 1.82) is 0 Å². The summed E-state index contributed by atoms with van der Waals surface area (Å²) in [7, 11) is 1.75. The van der Waals surface area contributed by atoms with E-state index in [1.807, 2.05) is 0 Å². The maximum atomic E-state index is 12.3. The second kappa shape index (κ2) is 10.7. The molecule has 0 spiro atoms. The first-order valence-corrected chi connectivity index (χ1v) is 10.2. The van der Waals surface area contributed by atoms with E-state index in [0.717, 1.165) is 55.8 Å². The molecule has 1 N–H and O–H groups in total. The number of nitrogens with zero attached hydrogens (tertiary/aromatic N) is 6. The standard InChI is InChI=1S/C18H27N7OS.HI/c1-4-15-22-14(13-27-15)12-21-18(19-5-2)25-10-8-24(9-11-25)16-17(26)23(3)7-6-20-16;/h6-7,13H,4-5,8-12H2,1-3H3,(H,19,21);1H. The zero-order valence-corrected chi connectivity index (χ0v) is 19.7. The van der Waals surface area contributed by atoms with Crippen LogP contribution in [0.3, 0.4) is 0 Å². The molecule has 3 rings (SSSR count). The van der Waals surface area contributed by atoms with Gasteiger partial charge in [-0.05, 0) is 13.3 Å². The van der Waals surface area contributed by atoms with Gasteiger partial charge in [0.2, 0.25) is 0 Å². The molecule has 0 bridgehead atoms. The minimum atomic E-state index is -0.0539. The fourth-order valence-corrected chi connectivity index (χ4v) is 3.73. The smallest absolute Gasteiger partial charge is 0.293 e. The number of thiazole rings is 1. The maximum Gasteiger partial charge on any atom is 0.293 e. The summed E-state index contributed by atoms with van der Waals surface area (Å²) >= 11 is 1.69. The molecule has 1 aliphatic heterocycles. The SMILES string of the molecule is CCNC(=NCc1csc(CC)n1)N1CCN(c2nccn(C)c2=O)CC1.I. The van der Waals surface area contributed by atoms with Gasteiger partial charge in [-0.3, -0.25) is 4.79 Å². The van der Waals surface area contributed by atoms with Crippen LogP contribution in [-0.2, 0) is 20.0 Å². The first-order valence-electron chi connectivity index (χ1n) is 9.35. The minimum absolute atomic E-state index is 0. The Morgan fingerprint density at radius 3 is 2.68 bits per heavy atom. The van der Waals surface area contributed by atoms with E-state index in [0.29, 0.717) is 12.4 Å². The zero-order valence-electron chi connectivity index (χ0n) is 16.6. The number of aromatic nitrogens is 3. The highest BCUT2D eigenvalue weighted by molar-refractivity contribution is 14.0. The van der Waals surface area contributed by atoms with Crippen molar-refractivity contribution in [3.63, 3.8) is 0 Å². The van der Waals surface area contributed by atoms with E-state index in [4.69, 9.17) is 4.99 Å². The van der Waals surface area contributed by atoms with Gasteiger partial charge in [-0.25, -0.2) is 15.0 Å². The molecule has 2 aromatic rings. The lowest BCUT2D eigenvalue weighted by atomic mass is 10.3. The van der Waals surface area contributed by atoms with E-state index in [-0.39, 0.29) is 29.5 Å². The molecular formula is C18H28IN7OS. The van der Waals surface area contributed by atoms with Gasteiger partial charge in [0, 0.05) is 57.5 Å². The van der Waals surface area contributed by atoms with Gasteiger partial charge < -0.3 is 19.7 Å². The largest absolute Gasteiger partial charge is 0.357 e. The molecule has 1 aliphatic rings. The number of aryl methyl sites for hydroxylation is 2. The molecule has 154 valence electrons. The average molecular weight is 517 g/mol. The van der Waals surface area contributed by atoms with Crippen molar-refractivity contribution in [2.75, 3.05) is 37.6 Å². The molecule has 10 heteroatoms. The number of halogens is 1. The van der Waals surface area contributed by atoms with Gasteiger partial charge >= 0.3 is 0 Å². The second-order valence-electron chi connectivity index (χ2n) is 6.40. The highest BCUT2D eigenvalue weighted by Crippen LogP contribution is 2.12. The summed E-state index contributed by atoms with van der Waals surface area (Å²) in [5.74, 6) is 1.42. The molecule has 0 aromatic carbocycles. The lowest BCUT2D eigenvalue weighted by Crippen LogP contribution is -2.53. The van der Waals surface area contributed by atoms with Crippen LogP contribution in [0.25, 0.3) is 0 Å².